The smallest absolute Gasteiger partial charge is 0.305 e. The molecule has 0 amide bonds. The van der Waals surface area contributed by atoms with Crippen molar-refractivity contribution in [3.63, 3.8) is 0 Å². The number of benzene rings is 1. The van der Waals surface area contributed by atoms with Gasteiger partial charge in [-0.3, -0.25) is 4.79 Å². The predicted molar refractivity (Wildman–Crippen MR) is 85.9 cm³/mol. The van der Waals surface area contributed by atoms with Gasteiger partial charge in [0.2, 0.25) is 0 Å². The number of rotatable bonds is 6. The van der Waals surface area contributed by atoms with Crippen molar-refractivity contribution in [2.45, 2.75) is 46.7 Å². The molecule has 0 aliphatic heterocycles. The van der Waals surface area contributed by atoms with Crippen LogP contribution in [0.2, 0.25) is 0 Å². The summed E-state index contributed by atoms with van der Waals surface area (Å²) in [5, 5.41) is 12.6. The van der Waals surface area contributed by atoms with Crippen LogP contribution in [0.25, 0.3) is 0 Å². The number of aliphatic carboxylic acids is 1. The first-order valence-corrected chi connectivity index (χ1v) is 7.45. The second-order valence-electron chi connectivity index (χ2n) is 5.76. The first-order valence-electron chi connectivity index (χ1n) is 7.45. The molecule has 118 valence electrons. The summed E-state index contributed by atoms with van der Waals surface area (Å²) in [6.07, 6.45) is 0.0557. The summed E-state index contributed by atoms with van der Waals surface area (Å²) in [6.45, 7) is 8.51. The van der Waals surface area contributed by atoms with Crippen LogP contribution >= 0.6 is 0 Å². The van der Waals surface area contributed by atoms with E-state index < -0.39 is 5.97 Å². The molecule has 4 nitrogen and oxygen atoms in total. The highest BCUT2D eigenvalue weighted by molar-refractivity contribution is 5.68. The zero-order chi connectivity index (χ0) is 16.3. The Morgan fingerprint density at radius 3 is 2.59 bits per heavy atom. The largest absolute Gasteiger partial charge is 0.481 e. The second-order valence-corrected chi connectivity index (χ2v) is 5.76. The lowest BCUT2D eigenvalue weighted by atomic mass is 9.95. The SMILES string of the molecule is Cc1cc(CNC(CC(=O)O)c2cccc(C)c2C)c(C)o1. The molecular formula is C18H23NO3. The van der Waals surface area contributed by atoms with E-state index in [0.717, 1.165) is 28.2 Å². The predicted octanol–water partition coefficient (Wildman–Crippen LogP) is 3.82. The summed E-state index contributed by atoms with van der Waals surface area (Å²) < 4.78 is 5.52. The van der Waals surface area contributed by atoms with Gasteiger partial charge < -0.3 is 14.8 Å². The Morgan fingerprint density at radius 2 is 2.00 bits per heavy atom. The van der Waals surface area contributed by atoms with Gasteiger partial charge in [0.05, 0.1) is 6.42 Å². The highest BCUT2D eigenvalue weighted by atomic mass is 16.4. The molecular weight excluding hydrogens is 278 g/mol. The summed E-state index contributed by atoms with van der Waals surface area (Å²) in [4.78, 5) is 11.2. The van der Waals surface area contributed by atoms with E-state index in [1.165, 1.54) is 5.56 Å². The molecule has 0 bridgehead atoms. The number of hydrogen-bond acceptors (Lipinski definition) is 3. The molecule has 1 atom stereocenters. The Hall–Kier alpha value is -2.07. The number of furan rings is 1. The normalized spacial score (nSPS) is 12.4. The van der Waals surface area contributed by atoms with E-state index in [4.69, 9.17) is 4.42 Å². The molecule has 0 aliphatic carbocycles. The van der Waals surface area contributed by atoms with Gasteiger partial charge in [-0.25, -0.2) is 0 Å². The van der Waals surface area contributed by atoms with Crippen molar-refractivity contribution in [3.8, 4) is 0 Å². The van der Waals surface area contributed by atoms with Gasteiger partial charge in [-0.1, -0.05) is 18.2 Å². The zero-order valence-corrected chi connectivity index (χ0v) is 13.6. The molecule has 0 aliphatic rings. The maximum atomic E-state index is 11.2. The lowest BCUT2D eigenvalue weighted by Crippen LogP contribution is -2.24. The Morgan fingerprint density at radius 1 is 1.27 bits per heavy atom. The standard InChI is InChI=1S/C18H23NO3/c1-11-6-5-7-16(13(11)3)17(9-18(20)21)19-10-15-8-12(2)22-14(15)4/h5-8,17,19H,9-10H2,1-4H3,(H,20,21). The van der Waals surface area contributed by atoms with E-state index in [9.17, 15) is 9.90 Å². The molecule has 4 heteroatoms. The first kappa shape index (κ1) is 16.3. The van der Waals surface area contributed by atoms with Crippen LogP contribution in [-0.2, 0) is 11.3 Å². The molecule has 1 heterocycles. The molecule has 0 saturated heterocycles. The Labute approximate surface area is 131 Å². The fourth-order valence-corrected chi connectivity index (χ4v) is 2.71. The molecule has 2 aromatic rings. The molecule has 2 N–H and O–H groups in total. The third-order valence-electron chi connectivity index (χ3n) is 4.08. The molecule has 0 spiro atoms. The fourth-order valence-electron chi connectivity index (χ4n) is 2.71. The van der Waals surface area contributed by atoms with Crippen LogP contribution in [0.15, 0.2) is 28.7 Å². The number of carboxylic acids is 1. The van der Waals surface area contributed by atoms with E-state index in [-0.39, 0.29) is 12.5 Å². The van der Waals surface area contributed by atoms with E-state index in [0.29, 0.717) is 6.54 Å². The van der Waals surface area contributed by atoms with Gasteiger partial charge in [0.1, 0.15) is 11.5 Å². The average molecular weight is 301 g/mol. The minimum atomic E-state index is -0.807. The Bertz CT molecular complexity index is 673. The lowest BCUT2D eigenvalue weighted by molar-refractivity contribution is -0.137. The quantitative estimate of drug-likeness (QED) is 0.851. The summed E-state index contributed by atoms with van der Waals surface area (Å²) in [6, 6.07) is 7.79. The maximum absolute atomic E-state index is 11.2. The Kier molecular flexibility index (Phi) is 5.03. The van der Waals surface area contributed by atoms with Crippen molar-refractivity contribution in [1.82, 2.24) is 5.32 Å². The number of carboxylic acid groups (broad SMARTS) is 1. The van der Waals surface area contributed by atoms with E-state index in [1.807, 2.05) is 52.0 Å². The second kappa shape index (κ2) is 6.79. The number of aryl methyl sites for hydroxylation is 3. The molecule has 22 heavy (non-hydrogen) atoms. The van der Waals surface area contributed by atoms with Gasteiger partial charge in [-0.15, -0.1) is 0 Å². The molecule has 1 aromatic heterocycles. The van der Waals surface area contributed by atoms with Gasteiger partial charge in [-0.2, -0.15) is 0 Å². The van der Waals surface area contributed by atoms with Crippen molar-refractivity contribution in [2.24, 2.45) is 0 Å². The monoisotopic (exact) mass is 301 g/mol. The van der Waals surface area contributed by atoms with Gasteiger partial charge in [0.25, 0.3) is 0 Å². The van der Waals surface area contributed by atoms with E-state index >= 15 is 0 Å². The summed E-state index contributed by atoms with van der Waals surface area (Å²) in [5.74, 6) is 0.939. The van der Waals surface area contributed by atoms with E-state index in [2.05, 4.69) is 5.32 Å². The van der Waals surface area contributed by atoms with E-state index in [1.54, 1.807) is 0 Å². The minimum Gasteiger partial charge on any atom is -0.481 e. The third-order valence-corrected chi connectivity index (χ3v) is 4.08. The fraction of sp³-hybridized carbons (Fsp3) is 0.389. The van der Waals surface area contributed by atoms with Crippen molar-refractivity contribution in [1.29, 1.82) is 0 Å². The molecule has 0 radical (unpaired) electrons. The minimum absolute atomic E-state index is 0.0557. The topological polar surface area (TPSA) is 62.5 Å². The Balaban J connectivity index is 2.21. The molecule has 1 unspecified atom stereocenters. The number of nitrogens with one attached hydrogen (secondary N) is 1. The van der Waals surface area contributed by atoms with Crippen molar-refractivity contribution in [3.05, 3.63) is 58.0 Å². The average Bonchev–Trinajstić information content (AvgIpc) is 2.76. The zero-order valence-electron chi connectivity index (χ0n) is 13.6. The van der Waals surface area contributed by atoms with Crippen LogP contribution < -0.4 is 5.32 Å². The first-order chi connectivity index (χ1) is 10.4. The van der Waals surface area contributed by atoms with Crippen LogP contribution in [0.4, 0.5) is 0 Å². The van der Waals surface area contributed by atoms with Crippen LogP contribution in [-0.4, -0.2) is 11.1 Å². The molecule has 1 aromatic carbocycles. The summed E-state index contributed by atoms with van der Waals surface area (Å²) in [5.41, 5.74) is 4.42. The molecule has 0 saturated carbocycles. The van der Waals surface area contributed by atoms with Gasteiger partial charge >= 0.3 is 5.97 Å². The van der Waals surface area contributed by atoms with Crippen molar-refractivity contribution < 1.29 is 14.3 Å². The van der Waals surface area contributed by atoms with Crippen molar-refractivity contribution >= 4 is 5.97 Å². The van der Waals surface area contributed by atoms with Gasteiger partial charge in [-0.05, 0) is 50.5 Å². The lowest BCUT2D eigenvalue weighted by Gasteiger charge is -2.20. The van der Waals surface area contributed by atoms with Crippen LogP contribution in [0.3, 0.4) is 0 Å². The highest BCUT2D eigenvalue weighted by Crippen LogP contribution is 2.24. The maximum Gasteiger partial charge on any atom is 0.305 e. The van der Waals surface area contributed by atoms with Crippen LogP contribution in [0.5, 0.6) is 0 Å². The van der Waals surface area contributed by atoms with Crippen LogP contribution in [0, 0.1) is 27.7 Å². The van der Waals surface area contributed by atoms with Gasteiger partial charge in [0.15, 0.2) is 0 Å². The van der Waals surface area contributed by atoms with Crippen LogP contribution in [0.1, 0.15) is 46.2 Å². The molecule has 0 fully saturated rings. The highest BCUT2D eigenvalue weighted by Gasteiger charge is 2.18. The van der Waals surface area contributed by atoms with Gasteiger partial charge in [0, 0.05) is 18.2 Å². The van der Waals surface area contributed by atoms with Crippen molar-refractivity contribution in [2.75, 3.05) is 0 Å². The number of hydrogen-bond donors (Lipinski definition) is 2. The summed E-state index contributed by atoms with van der Waals surface area (Å²) >= 11 is 0. The molecule has 2 rings (SSSR count). The third kappa shape index (κ3) is 3.77. The summed E-state index contributed by atoms with van der Waals surface area (Å²) in [7, 11) is 0. The number of carbonyl (C=O) groups is 1.